The fourth-order valence-corrected chi connectivity index (χ4v) is 3.63. The number of nitrogens with one attached hydrogen (secondary N) is 1. The number of rotatable bonds is 9. The summed E-state index contributed by atoms with van der Waals surface area (Å²) in [6.45, 7) is 4.16. The lowest BCUT2D eigenvalue weighted by Gasteiger charge is -2.07. The molecule has 0 aliphatic heterocycles. The predicted molar refractivity (Wildman–Crippen MR) is 112 cm³/mol. The number of ketones is 1. The van der Waals surface area contributed by atoms with Crippen molar-refractivity contribution in [3.05, 3.63) is 65.2 Å². The molecule has 8 heteroatoms. The molecule has 0 radical (unpaired) electrons. The molecule has 0 aliphatic carbocycles. The number of amides is 1. The van der Waals surface area contributed by atoms with Gasteiger partial charge in [0.1, 0.15) is 0 Å². The Labute approximate surface area is 173 Å². The third kappa shape index (κ3) is 5.74. The van der Waals surface area contributed by atoms with Crippen LogP contribution in [0.25, 0.3) is 5.69 Å². The Morgan fingerprint density at radius 2 is 1.86 bits per heavy atom. The highest BCUT2D eigenvalue weighted by Crippen LogP contribution is 2.21. The van der Waals surface area contributed by atoms with Gasteiger partial charge >= 0.3 is 0 Å². The first-order valence-electron chi connectivity index (χ1n) is 9.38. The van der Waals surface area contributed by atoms with Crippen LogP contribution in [0.3, 0.4) is 0 Å². The molecule has 150 valence electrons. The molecule has 1 amide bonds. The van der Waals surface area contributed by atoms with Gasteiger partial charge in [-0.2, -0.15) is 4.68 Å². The van der Waals surface area contributed by atoms with E-state index in [4.69, 9.17) is 0 Å². The maximum absolute atomic E-state index is 12.6. The van der Waals surface area contributed by atoms with Crippen molar-refractivity contribution in [2.45, 2.75) is 31.8 Å². The SMILES string of the molecule is CC(=O)NCCCc1ccc(C(=O)CSc2nnnn2-c2ccccc2C)cc1. The standard InChI is InChI=1S/C21H23N5O2S/c1-15-6-3-4-8-19(15)26-21(23-24-25-26)29-14-20(28)18-11-9-17(10-12-18)7-5-13-22-16(2)27/h3-4,6,8-12H,5,7,13-14H2,1-2H3,(H,22,27). The van der Waals surface area contributed by atoms with Gasteiger partial charge in [0.25, 0.3) is 0 Å². The number of para-hydroxylation sites is 1. The zero-order valence-electron chi connectivity index (χ0n) is 16.5. The number of nitrogens with zero attached hydrogens (tertiary/aromatic N) is 4. The number of Topliss-reactive ketones (excluding diaryl/α,β-unsaturated/α-hetero) is 1. The van der Waals surface area contributed by atoms with Crippen molar-refractivity contribution in [1.29, 1.82) is 0 Å². The third-order valence-corrected chi connectivity index (χ3v) is 5.33. The summed E-state index contributed by atoms with van der Waals surface area (Å²) in [6, 6.07) is 15.5. The van der Waals surface area contributed by atoms with E-state index in [0.717, 1.165) is 29.7 Å². The Hall–Kier alpha value is -3.00. The van der Waals surface area contributed by atoms with E-state index in [2.05, 4.69) is 20.8 Å². The summed E-state index contributed by atoms with van der Waals surface area (Å²) in [5, 5.41) is 15.2. The summed E-state index contributed by atoms with van der Waals surface area (Å²) in [6.07, 6.45) is 1.72. The summed E-state index contributed by atoms with van der Waals surface area (Å²) in [7, 11) is 0. The van der Waals surface area contributed by atoms with Gasteiger partial charge in [-0.1, -0.05) is 54.2 Å². The number of hydrogen-bond donors (Lipinski definition) is 1. The van der Waals surface area contributed by atoms with E-state index in [0.29, 0.717) is 17.3 Å². The number of hydrogen-bond acceptors (Lipinski definition) is 6. The zero-order chi connectivity index (χ0) is 20.6. The van der Waals surface area contributed by atoms with E-state index in [-0.39, 0.29) is 17.4 Å². The van der Waals surface area contributed by atoms with Crippen LogP contribution < -0.4 is 5.32 Å². The van der Waals surface area contributed by atoms with E-state index in [9.17, 15) is 9.59 Å². The molecule has 1 heterocycles. The number of aromatic nitrogens is 4. The molecule has 0 atom stereocenters. The Morgan fingerprint density at radius 1 is 1.10 bits per heavy atom. The molecule has 2 aromatic carbocycles. The highest BCUT2D eigenvalue weighted by Gasteiger charge is 2.14. The van der Waals surface area contributed by atoms with E-state index in [1.54, 1.807) is 4.68 Å². The van der Waals surface area contributed by atoms with Crippen molar-refractivity contribution in [3.8, 4) is 5.69 Å². The smallest absolute Gasteiger partial charge is 0.216 e. The summed E-state index contributed by atoms with van der Waals surface area (Å²) in [4.78, 5) is 23.4. The van der Waals surface area contributed by atoms with Crippen molar-refractivity contribution < 1.29 is 9.59 Å². The van der Waals surface area contributed by atoms with Crippen LogP contribution in [0.5, 0.6) is 0 Å². The summed E-state index contributed by atoms with van der Waals surface area (Å²) in [5.74, 6) is 0.268. The van der Waals surface area contributed by atoms with Gasteiger partial charge in [-0.25, -0.2) is 0 Å². The molecule has 3 rings (SSSR count). The second-order valence-corrected chi connectivity index (χ2v) is 7.60. The number of aryl methyl sites for hydroxylation is 2. The van der Waals surface area contributed by atoms with E-state index < -0.39 is 0 Å². The second kappa shape index (κ2) is 9.97. The van der Waals surface area contributed by atoms with E-state index >= 15 is 0 Å². The van der Waals surface area contributed by atoms with Crippen LogP contribution in [-0.4, -0.2) is 44.2 Å². The van der Waals surface area contributed by atoms with Crippen LogP contribution in [0.4, 0.5) is 0 Å². The molecule has 0 fully saturated rings. The first-order valence-corrected chi connectivity index (χ1v) is 10.4. The number of benzene rings is 2. The molecule has 0 unspecified atom stereocenters. The van der Waals surface area contributed by atoms with Gasteiger partial charge in [-0.15, -0.1) is 5.10 Å². The molecule has 1 aromatic heterocycles. The van der Waals surface area contributed by atoms with Crippen molar-refractivity contribution in [2.24, 2.45) is 0 Å². The van der Waals surface area contributed by atoms with Crippen molar-refractivity contribution in [1.82, 2.24) is 25.5 Å². The molecule has 7 nitrogen and oxygen atoms in total. The number of carbonyl (C=O) groups excluding carboxylic acids is 2. The Morgan fingerprint density at radius 3 is 2.59 bits per heavy atom. The molecular formula is C21H23N5O2S. The molecule has 0 bridgehead atoms. The zero-order valence-corrected chi connectivity index (χ0v) is 17.3. The minimum absolute atomic E-state index is 0.0168. The van der Waals surface area contributed by atoms with Crippen LogP contribution in [0.1, 0.15) is 34.8 Å². The average molecular weight is 410 g/mol. The number of carbonyl (C=O) groups is 2. The summed E-state index contributed by atoms with van der Waals surface area (Å²) in [5.41, 5.74) is 3.76. The predicted octanol–water partition coefficient (Wildman–Crippen LogP) is 3.01. The normalized spacial score (nSPS) is 10.7. The monoisotopic (exact) mass is 409 g/mol. The molecule has 0 spiro atoms. The van der Waals surface area contributed by atoms with Crippen LogP contribution in [-0.2, 0) is 11.2 Å². The third-order valence-electron chi connectivity index (χ3n) is 4.41. The van der Waals surface area contributed by atoms with Gasteiger partial charge < -0.3 is 5.32 Å². The molecule has 0 saturated carbocycles. The largest absolute Gasteiger partial charge is 0.356 e. The molecule has 29 heavy (non-hydrogen) atoms. The Bertz CT molecular complexity index is 985. The molecule has 3 aromatic rings. The van der Waals surface area contributed by atoms with E-state index in [1.807, 2.05) is 55.5 Å². The maximum Gasteiger partial charge on any atom is 0.216 e. The maximum atomic E-state index is 12.6. The van der Waals surface area contributed by atoms with Crippen LogP contribution in [0.15, 0.2) is 53.7 Å². The van der Waals surface area contributed by atoms with Crippen LogP contribution in [0, 0.1) is 6.92 Å². The van der Waals surface area contributed by atoms with Gasteiger partial charge in [0.2, 0.25) is 11.1 Å². The van der Waals surface area contributed by atoms with Gasteiger partial charge in [0.05, 0.1) is 11.4 Å². The van der Waals surface area contributed by atoms with Crippen molar-refractivity contribution in [3.63, 3.8) is 0 Å². The number of tetrazole rings is 1. The molecule has 0 aliphatic rings. The lowest BCUT2D eigenvalue weighted by Crippen LogP contribution is -2.21. The second-order valence-electron chi connectivity index (χ2n) is 6.66. The van der Waals surface area contributed by atoms with Crippen LogP contribution in [0.2, 0.25) is 0 Å². The molecule has 1 N–H and O–H groups in total. The minimum Gasteiger partial charge on any atom is -0.356 e. The van der Waals surface area contributed by atoms with Crippen LogP contribution >= 0.6 is 11.8 Å². The number of thioether (sulfide) groups is 1. The summed E-state index contributed by atoms with van der Waals surface area (Å²) >= 11 is 1.32. The Kier molecular flexibility index (Phi) is 7.13. The Balaban J connectivity index is 1.56. The quantitative estimate of drug-likeness (QED) is 0.332. The van der Waals surface area contributed by atoms with Gasteiger partial charge in [0.15, 0.2) is 5.78 Å². The first-order chi connectivity index (χ1) is 14.0. The van der Waals surface area contributed by atoms with Gasteiger partial charge in [0, 0.05) is 19.0 Å². The summed E-state index contributed by atoms with van der Waals surface area (Å²) < 4.78 is 1.66. The van der Waals surface area contributed by atoms with Gasteiger partial charge in [-0.3, -0.25) is 9.59 Å². The van der Waals surface area contributed by atoms with E-state index in [1.165, 1.54) is 18.7 Å². The minimum atomic E-state index is -0.0168. The highest BCUT2D eigenvalue weighted by atomic mass is 32.2. The van der Waals surface area contributed by atoms with Gasteiger partial charge in [-0.05, 0) is 47.4 Å². The lowest BCUT2D eigenvalue weighted by atomic mass is 10.1. The van der Waals surface area contributed by atoms with Crippen molar-refractivity contribution >= 4 is 23.5 Å². The van der Waals surface area contributed by atoms with Crippen molar-refractivity contribution in [2.75, 3.05) is 12.3 Å². The lowest BCUT2D eigenvalue weighted by molar-refractivity contribution is -0.118. The average Bonchev–Trinajstić information content (AvgIpc) is 3.18. The molecular weight excluding hydrogens is 386 g/mol. The fraction of sp³-hybridized carbons (Fsp3) is 0.286. The highest BCUT2D eigenvalue weighted by molar-refractivity contribution is 7.99. The molecule has 0 saturated heterocycles. The topological polar surface area (TPSA) is 89.8 Å². The first kappa shape index (κ1) is 20.7. The fourth-order valence-electron chi connectivity index (χ4n) is 2.85.